The maximum Gasteiger partial charge on any atom is 0.306 e. The van der Waals surface area contributed by atoms with E-state index in [2.05, 4.69) is 11.8 Å². The van der Waals surface area contributed by atoms with E-state index in [1.165, 1.54) is 199 Å². The van der Waals surface area contributed by atoms with Crippen molar-refractivity contribution in [1.29, 1.82) is 0 Å². The predicted molar refractivity (Wildman–Crippen MR) is 206 cm³/mol. The summed E-state index contributed by atoms with van der Waals surface area (Å²) in [6.45, 7) is 8.23. The second kappa shape index (κ2) is 35.7. The highest BCUT2D eigenvalue weighted by atomic mass is 16.6. The molecule has 1 fully saturated rings. The number of unbranched alkanes of at least 4 members (excludes halogenated alkanes) is 9. The Morgan fingerprint density at radius 2 is 0.833 bits per heavy atom. The molecule has 0 aromatic rings. The lowest BCUT2D eigenvalue weighted by molar-refractivity contribution is -0.158. The Kier molecular flexibility index (Phi) is 33.4. The van der Waals surface area contributed by atoms with Crippen LogP contribution in [0.25, 0.3) is 0 Å². The highest BCUT2D eigenvalue weighted by molar-refractivity contribution is 5.70. The number of rotatable bonds is 11. The Balaban J connectivity index is 2.33. The van der Waals surface area contributed by atoms with Crippen LogP contribution in [-0.2, 0) is 19.1 Å². The second-order valence-corrected chi connectivity index (χ2v) is 15.3. The van der Waals surface area contributed by atoms with Gasteiger partial charge in [-0.2, -0.15) is 0 Å². The number of hydrogen-bond donors (Lipinski definition) is 0. The normalized spacial score (nSPS) is 22.0. The van der Waals surface area contributed by atoms with E-state index in [1.807, 2.05) is 6.92 Å². The molecule has 1 aliphatic rings. The summed E-state index contributed by atoms with van der Waals surface area (Å²) in [6, 6.07) is 0. The van der Waals surface area contributed by atoms with Gasteiger partial charge in [0.1, 0.15) is 12.7 Å². The highest BCUT2D eigenvalue weighted by Crippen LogP contribution is 2.16. The largest absolute Gasteiger partial charge is 0.462 e. The van der Waals surface area contributed by atoms with Gasteiger partial charge in [-0.15, -0.1) is 0 Å². The zero-order valence-corrected chi connectivity index (χ0v) is 32.5. The highest BCUT2D eigenvalue weighted by Gasteiger charge is 2.12. The van der Waals surface area contributed by atoms with Gasteiger partial charge >= 0.3 is 11.9 Å². The molecule has 5 nitrogen and oxygen atoms in total. The van der Waals surface area contributed by atoms with Crippen LogP contribution in [0.2, 0.25) is 0 Å². The molecule has 0 amide bonds. The molecule has 1 aliphatic heterocycles. The van der Waals surface area contributed by atoms with Crippen LogP contribution in [0.3, 0.4) is 0 Å². The fraction of sp³-hybridized carbons (Fsp3) is 0.953. The Morgan fingerprint density at radius 3 is 1.27 bits per heavy atom. The molecule has 48 heavy (non-hydrogen) atoms. The van der Waals surface area contributed by atoms with Crippen molar-refractivity contribution in [2.24, 2.45) is 0 Å². The van der Waals surface area contributed by atoms with Gasteiger partial charge in [0.2, 0.25) is 0 Å². The van der Waals surface area contributed by atoms with Crippen molar-refractivity contribution in [3.63, 3.8) is 0 Å². The van der Waals surface area contributed by atoms with Gasteiger partial charge in [-0.3, -0.25) is 9.59 Å². The lowest BCUT2D eigenvalue weighted by Crippen LogP contribution is -2.27. The molecule has 284 valence electrons. The van der Waals surface area contributed by atoms with Gasteiger partial charge in [0, 0.05) is 12.8 Å². The van der Waals surface area contributed by atoms with Gasteiger partial charge in [-0.25, -0.2) is 0 Å². The topological polar surface area (TPSA) is 55.8 Å². The maximum atomic E-state index is 12.2. The van der Waals surface area contributed by atoms with Crippen molar-refractivity contribution in [3.8, 4) is 0 Å². The number of hydrogen-bond acceptors (Lipinski definition) is 5. The molecule has 0 saturated carbocycles. The third kappa shape index (κ3) is 32.1. The minimum absolute atomic E-state index is 0.165. The first-order valence-corrected chi connectivity index (χ1v) is 21.7. The molecule has 5 heteroatoms. The van der Waals surface area contributed by atoms with Crippen LogP contribution in [0.4, 0.5) is 0 Å². The van der Waals surface area contributed by atoms with Gasteiger partial charge in [-0.1, -0.05) is 180 Å². The lowest BCUT2D eigenvalue weighted by Gasteiger charge is -2.22. The van der Waals surface area contributed by atoms with Gasteiger partial charge < -0.3 is 14.4 Å². The van der Waals surface area contributed by atoms with E-state index in [-0.39, 0.29) is 24.6 Å². The number of esters is 2. The van der Waals surface area contributed by atoms with Crippen LogP contribution in [0.15, 0.2) is 0 Å². The zero-order chi connectivity index (χ0) is 34.6. The minimum Gasteiger partial charge on any atom is -0.462 e. The summed E-state index contributed by atoms with van der Waals surface area (Å²) < 4.78 is 10.8. The third-order valence-corrected chi connectivity index (χ3v) is 10.4. The first-order chi connectivity index (χ1) is 23.6. The molecule has 1 unspecified atom stereocenters. The number of ether oxygens (including phenoxy) is 2. The number of nitrogens with zero attached hydrogens (tertiary/aromatic N) is 1. The molecule has 0 spiro atoms. The fourth-order valence-corrected chi connectivity index (χ4v) is 7.15. The van der Waals surface area contributed by atoms with E-state index in [9.17, 15) is 9.59 Å². The average molecular weight is 678 g/mol. The fourth-order valence-electron chi connectivity index (χ4n) is 7.15. The molecular weight excluding hydrogens is 594 g/mol. The predicted octanol–water partition coefficient (Wildman–Crippen LogP) is 13.1. The van der Waals surface area contributed by atoms with Crippen LogP contribution < -0.4 is 0 Å². The molecule has 1 atom stereocenters. The average Bonchev–Trinajstić information content (AvgIpc) is 3.07. The van der Waals surface area contributed by atoms with Crippen LogP contribution in [0.5, 0.6) is 0 Å². The second-order valence-electron chi connectivity index (χ2n) is 15.3. The van der Waals surface area contributed by atoms with E-state index in [0.717, 1.165) is 25.7 Å². The molecule has 0 aromatic heterocycles. The van der Waals surface area contributed by atoms with E-state index in [1.54, 1.807) is 0 Å². The first kappa shape index (κ1) is 44.9. The summed E-state index contributed by atoms with van der Waals surface area (Å²) in [7, 11) is 0. The zero-order valence-electron chi connectivity index (χ0n) is 32.5. The summed E-state index contributed by atoms with van der Waals surface area (Å²) in [5.41, 5.74) is 0. The van der Waals surface area contributed by atoms with Gasteiger partial charge in [-0.05, 0) is 58.7 Å². The molecular formula is C43H83NO4. The Labute approximate surface area is 299 Å². The molecule has 0 aromatic carbocycles. The maximum absolute atomic E-state index is 12.2. The summed E-state index contributed by atoms with van der Waals surface area (Å²) in [5.74, 6) is -0.330. The van der Waals surface area contributed by atoms with Gasteiger partial charge in [0.05, 0.1) is 0 Å². The van der Waals surface area contributed by atoms with Crippen molar-refractivity contribution in [3.05, 3.63) is 0 Å². The van der Waals surface area contributed by atoms with Crippen LogP contribution >= 0.6 is 0 Å². The quantitative estimate of drug-likeness (QED) is 0.161. The third-order valence-electron chi connectivity index (χ3n) is 10.4. The SMILES string of the molecule is CCCCCCCCCCCCN1CCCCCCCCCCCCCC(=O)OCC(C)OC(=O)CCCCCCCCCCCCC1. The van der Waals surface area contributed by atoms with Crippen LogP contribution in [0, 0.1) is 0 Å². The number of carbonyl (C=O) groups is 2. The summed E-state index contributed by atoms with van der Waals surface area (Å²) in [5, 5.41) is 0. The van der Waals surface area contributed by atoms with Crippen LogP contribution in [0.1, 0.15) is 232 Å². The Morgan fingerprint density at radius 1 is 0.479 bits per heavy atom. The Hall–Kier alpha value is -1.10. The number of cyclic esters (lactones) is 2. The van der Waals surface area contributed by atoms with E-state index in [0.29, 0.717) is 12.8 Å². The van der Waals surface area contributed by atoms with Crippen molar-refractivity contribution in [2.45, 2.75) is 238 Å². The van der Waals surface area contributed by atoms with Crippen molar-refractivity contribution in [1.82, 2.24) is 4.90 Å². The molecule has 0 bridgehead atoms. The lowest BCUT2D eigenvalue weighted by atomic mass is 10.0. The monoisotopic (exact) mass is 678 g/mol. The van der Waals surface area contributed by atoms with Gasteiger partial charge in [0.25, 0.3) is 0 Å². The molecule has 0 aliphatic carbocycles. The molecule has 1 heterocycles. The van der Waals surface area contributed by atoms with E-state index in [4.69, 9.17) is 9.47 Å². The molecule has 0 radical (unpaired) electrons. The van der Waals surface area contributed by atoms with Crippen molar-refractivity contribution < 1.29 is 19.1 Å². The summed E-state index contributed by atoms with van der Waals surface area (Å²) in [4.78, 5) is 27.0. The van der Waals surface area contributed by atoms with Crippen molar-refractivity contribution >= 4 is 11.9 Å². The van der Waals surface area contributed by atoms with Crippen LogP contribution in [-0.4, -0.2) is 49.2 Å². The Bertz CT molecular complexity index is 698. The summed E-state index contributed by atoms with van der Waals surface area (Å²) in [6.07, 6.45) is 42.9. The minimum atomic E-state index is -0.367. The molecule has 1 rings (SSSR count). The molecule has 0 N–H and O–H groups in total. The smallest absolute Gasteiger partial charge is 0.306 e. The number of carbonyl (C=O) groups excluding carboxylic acids is 2. The van der Waals surface area contributed by atoms with Crippen molar-refractivity contribution in [2.75, 3.05) is 26.2 Å². The molecule has 1 saturated heterocycles. The first-order valence-electron chi connectivity index (χ1n) is 21.7. The van der Waals surface area contributed by atoms with E-state index >= 15 is 0 Å². The standard InChI is InChI=1S/C43H83NO4/c1-3-4-5-6-7-8-17-22-27-32-37-44-38-33-28-23-18-13-9-11-15-20-25-30-35-42(45)47-40-41(2)48-43(46)36-31-26-21-16-12-10-14-19-24-29-34-39-44/h41H,3-40H2,1-2H3. The van der Waals surface area contributed by atoms with E-state index < -0.39 is 0 Å². The van der Waals surface area contributed by atoms with Gasteiger partial charge in [0.15, 0.2) is 0 Å². The summed E-state index contributed by atoms with van der Waals surface area (Å²) >= 11 is 0.